The third kappa shape index (κ3) is 3.29. The highest BCUT2D eigenvalue weighted by atomic mass is 15.2. The van der Waals surface area contributed by atoms with E-state index in [1.54, 1.807) is 0 Å². The van der Waals surface area contributed by atoms with Gasteiger partial charge in [0.25, 0.3) is 0 Å². The van der Waals surface area contributed by atoms with Crippen LogP contribution in [0.4, 0.5) is 0 Å². The highest BCUT2D eigenvalue weighted by Crippen LogP contribution is 2.29. The van der Waals surface area contributed by atoms with Gasteiger partial charge in [-0.2, -0.15) is 0 Å². The smallest absolute Gasteiger partial charge is 0.127 e. The van der Waals surface area contributed by atoms with Crippen LogP contribution in [0.25, 0.3) is 11.0 Å². The summed E-state index contributed by atoms with van der Waals surface area (Å²) in [6, 6.07) is 8.40. The van der Waals surface area contributed by atoms with Gasteiger partial charge in [0.1, 0.15) is 11.6 Å². The largest absolute Gasteiger partial charge is 0.331 e. The van der Waals surface area contributed by atoms with E-state index in [9.17, 15) is 0 Å². The van der Waals surface area contributed by atoms with Gasteiger partial charge < -0.3 is 4.57 Å². The van der Waals surface area contributed by atoms with Crippen LogP contribution in [0, 0.1) is 0 Å². The molecule has 1 atom stereocenters. The molecule has 1 aliphatic heterocycles. The molecule has 0 spiro atoms. The number of hydrogen-bond acceptors (Lipinski definition) is 4. The first-order chi connectivity index (χ1) is 12.2. The van der Waals surface area contributed by atoms with E-state index in [4.69, 9.17) is 4.98 Å². The third-order valence-corrected chi connectivity index (χ3v) is 5.17. The van der Waals surface area contributed by atoms with Gasteiger partial charge in [-0.05, 0) is 31.5 Å². The minimum atomic E-state index is 0.488. The Morgan fingerprint density at radius 3 is 2.72 bits per heavy atom. The zero-order valence-corrected chi connectivity index (χ0v) is 15.0. The summed E-state index contributed by atoms with van der Waals surface area (Å²) in [7, 11) is 2.14. The van der Waals surface area contributed by atoms with Crippen molar-refractivity contribution in [2.75, 3.05) is 13.1 Å². The summed E-state index contributed by atoms with van der Waals surface area (Å²) in [6.45, 7) is 5.19. The van der Waals surface area contributed by atoms with Crippen molar-refractivity contribution in [3.05, 3.63) is 53.9 Å². The number of para-hydroxylation sites is 2. The first kappa shape index (κ1) is 16.2. The molecule has 5 heteroatoms. The molecule has 1 saturated heterocycles. The molecule has 0 N–H and O–H groups in total. The van der Waals surface area contributed by atoms with Crippen molar-refractivity contribution < 1.29 is 0 Å². The quantitative estimate of drug-likeness (QED) is 0.734. The number of fused-ring (bicyclic) bond motifs is 1. The Morgan fingerprint density at radius 1 is 1.16 bits per heavy atom. The minimum Gasteiger partial charge on any atom is -0.331 e. The number of aromatic nitrogens is 4. The van der Waals surface area contributed by atoms with Gasteiger partial charge in [-0.15, -0.1) is 0 Å². The molecular formula is C20H25N5. The van der Waals surface area contributed by atoms with Crippen molar-refractivity contribution in [1.29, 1.82) is 0 Å². The molecule has 25 heavy (non-hydrogen) atoms. The standard InChI is InChI=1S/C20H25N5/c1-3-19-21-11-15(12-22-19)13-25-10-6-7-16(14-25)20-23-17-8-4-5-9-18(17)24(20)2/h4-5,8-9,11-12,16H,3,6-7,10,13-14H2,1-2H3. The number of hydrogen-bond donors (Lipinski definition) is 0. The molecule has 1 aromatic carbocycles. The summed E-state index contributed by atoms with van der Waals surface area (Å²) in [6.07, 6.45) is 7.26. The molecule has 2 aromatic heterocycles. The molecule has 3 aromatic rings. The highest BCUT2D eigenvalue weighted by Gasteiger charge is 2.25. The van der Waals surface area contributed by atoms with Crippen molar-refractivity contribution in [3.8, 4) is 0 Å². The predicted octanol–water partition coefficient (Wildman–Crippen LogP) is 3.31. The monoisotopic (exact) mass is 335 g/mol. The zero-order chi connectivity index (χ0) is 17.2. The van der Waals surface area contributed by atoms with E-state index < -0.39 is 0 Å². The fourth-order valence-corrected chi connectivity index (χ4v) is 3.84. The zero-order valence-electron chi connectivity index (χ0n) is 15.0. The maximum atomic E-state index is 4.91. The topological polar surface area (TPSA) is 46.8 Å². The van der Waals surface area contributed by atoms with Crippen LogP contribution in [0.15, 0.2) is 36.7 Å². The van der Waals surface area contributed by atoms with Gasteiger partial charge >= 0.3 is 0 Å². The number of likely N-dealkylation sites (tertiary alicyclic amines) is 1. The fraction of sp³-hybridized carbons (Fsp3) is 0.450. The highest BCUT2D eigenvalue weighted by molar-refractivity contribution is 5.75. The second kappa shape index (κ2) is 6.92. The van der Waals surface area contributed by atoms with Gasteiger partial charge in [0, 0.05) is 50.4 Å². The second-order valence-electron chi connectivity index (χ2n) is 6.95. The van der Waals surface area contributed by atoms with E-state index in [0.717, 1.165) is 37.4 Å². The summed E-state index contributed by atoms with van der Waals surface area (Å²) in [5, 5.41) is 0. The Balaban J connectivity index is 1.50. The van der Waals surface area contributed by atoms with Crippen LogP contribution in [0.5, 0.6) is 0 Å². The van der Waals surface area contributed by atoms with Gasteiger partial charge in [-0.1, -0.05) is 19.1 Å². The summed E-state index contributed by atoms with van der Waals surface area (Å²) >= 11 is 0. The Morgan fingerprint density at radius 2 is 1.96 bits per heavy atom. The molecule has 3 heterocycles. The lowest BCUT2D eigenvalue weighted by Gasteiger charge is -2.32. The molecule has 4 rings (SSSR count). The Kier molecular flexibility index (Phi) is 4.49. The van der Waals surface area contributed by atoms with E-state index in [1.165, 1.54) is 29.7 Å². The minimum absolute atomic E-state index is 0.488. The molecule has 0 aliphatic carbocycles. The van der Waals surface area contributed by atoms with E-state index in [1.807, 2.05) is 12.4 Å². The number of benzene rings is 1. The molecule has 0 radical (unpaired) electrons. The number of piperidine rings is 1. The number of imidazole rings is 1. The van der Waals surface area contributed by atoms with Crippen LogP contribution in [0.1, 0.15) is 42.9 Å². The van der Waals surface area contributed by atoms with Crippen molar-refractivity contribution >= 4 is 11.0 Å². The first-order valence-electron chi connectivity index (χ1n) is 9.18. The third-order valence-electron chi connectivity index (χ3n) is 5.17. The van der Waals surface area contributed by atoms with Crippen LogP contribution in [0.3, 0.4) is 0 Å². The normalized spacial score (nSPS) is 18.7. The molecular weight excluding hydrogens is 310 g/mol. The lowest BCUT2D eigenvalue weighted by molar-refractivity contribution is 0.195. The SMILES string of the molecule is CCc1ncc(CN2CCCC(c3nc4ccccc4n3C)C2)cn1. The first-order valence-corrected chi connectivity index (χ1v) is 9.18. The molecule has 130 valence electrons. The maximum absolute atomic E-state index is 4.91. The van der Waals surface area contributed by atoms with Crippen LogP contribution >= 0.6 is 0 Å². The number of aryl methyl sites for hydroxylation is 2. The van der Waals surface area contributed by atoms with E-state index in [-0.39, 0.29) is 0 Å². The lowest BCUT2D eigenvalue weighted by atomic mass is 9.97. The number of nitrogens with zero attached hydrogens (tertiary/aromatic N) is 5. The fourth-order valence-electron chi connectivity index (χ4n) is 3.84. The van der Waals surface area contributed by atoms with Gasteiger partial charge in [0.2, 0.25) is 0 Å². The van der Waals surface area contributed by atoms with Crippen molar-refractivity contribution in [3.63, 3.8) is 0 Å². The van der Waals surface area contributed by atoms with E-state index >= 15 is 0 Å². The summed E-state index contributed by atoms with van der Waals surface area (Å²) in [4.78, 5) is 16.3. The molecule has 0 amide bonds. The van der Waals surface area contributed by atoms with E-state index in [2.05, 4.69) is 57.7 Å². The summed E-state index contributed by atoms with van der Waals surface area (Å²) < 4.78 is 2.27. The molecule has 0 saturated carbocycles. The van der Waals surface area contributed by atoms with Crippen LogP contribution in [-0.4, -0.2) is 37.5 Å². The van der Waals surface area contributed by atoms with Gasteiger partial charge in [-0.3, -0.25) is 4.90 Å². The summed E-state index contributed by atoms with van der Waals surface area (Å²) in [5.41, 5.74) is 3.52. The van der Waals surface area contributed by atoms with Gasteiger partial charge in [0.15, 0.2) is 0 Å². The molecule has 1 unspecified atom stereocenters. The molecule has 1 fully saturated rings. The molecule has 5 nitrogen and oxygen atoms in total. The predicted molar refractivity (Wildman–Crippen MR) is 99.4 cm³/mol. The second-order valence-corrected chi connectivity index (χ2v) is 6.95. The molecule has 1 aliphatic rings. The van der Waals surface area contributed by atoms with Gasteiger partial charge in [-0.25, -0.2) is 15.0 Å². The summed E-state index contributed by atoms with van der Waals surface area (Å²) in [5.74, 6) is 2.62. The lowest BCUT2D eigenvalue weighted by Crippen LogP contribution is -2.34. The van der Waals surface area contributed by atoms with E-state index in [0.29, 0.717) is 5.92 Å². The number of rotatable bonds is 4. The molecule has 0 bridgehead atoms. The van der Waals surface area contributed by atoms with Crippen LogP contribution < -0.4 is 0 Å². The van der Waals surface area contributed by atoms with Crippen LogP contribution in [-0.2, 0) is 20.0 Å². The van der Waals surface area contributed by atoms with Crippen molar-refractivity contribution in [2.24, 2.45) is 7.05 Å². The van der Waals surface area contributed by atoms with Crippen LogP contribution in [0.2, 0.25) is 0 Å². The average molecular weight is 335 g/mol. The Bertz CT molecular complexity index is 852. The Labute approximate surface area is 148 Å². The van der Waals surface area contributed by atoms with Crippen molar-refractivity contribution in [2.45, 2.75) is 38.6 Å². The average Bonchev–Trinajstić information content (AvgIpc) is 3.00. The Hall–Kier alpha value is -2.27. The van der Waals surface area contributed by atoms with Crippen molar-refractivity contribution in [1.82, 2.24) is 24.4 Å². The maximum Gasteiger partial charge on any atom is 0.127 e. The van der Waals surface area contributed by atoms with Gasteiger partial charge in [0.05, 0.1) is 11.0 Å².